The SMILES string of the molecule is CCNC(=NCc1ccc(N2CCCC2)nc1)NCc1oc2ccccc2c1C.I. The van der Waals surface area contributed by atoms with Gasteiger partial charge in [0, 0.05) is 36.8 Å². The van der Waals surface area contributed by atoms with Gasteiger partial charge in [-0.1, -0.05) is 24.3 Å². The van der Waals surface area contributed by atoms with Gasteiger partial charge in [-0.05, 0) is 44.4 Å². The van der Waals surface area contributed by atoms with Gasteiger partial charge in [-0.15, -0.1) is 24.0 Å². The Morgan fingerprint density at radius 2 is 1.93 bits per heavy atom. The van der Waals surface area contributed by atoms with E-state index in [1.165, 1.54) is 18.4 Å². The maximum atomic E-state index is 5.99. The number of benzene rings is 1. The number of furan rings is 1. The van der Waals surface area contributed by atoms with Crippen molar-refractivity contribution in [2.45, 2.75) is 39.8 Å². The van der Waals surface area contributed by atoms with Crippen LogP contribution in [0.25, 0.3) is 11.0 Å². The van der Waals surface area contributed by atoms with Crippen LogP contribution in [0.15, 0.2) is 52.0 Å². The molecule has 4 rings (SSSR count). The molecule has 0 radical (unpaired) electrons. The standard InChI is InChI=1S/C23H29N5O.HI/c1-3-24-23(27-16-21-17(2)19-8-4-5-9-20(19)29-21)26-15-18-10-11-22(25-14-18)28-12-6-7-13-28;/h4-5,8-11,14H,3,6-7,12-13,15-16H2,1-2H3,(H2,24,26,27);1H. The molecule has 1 saturated heterocycles. The molecule has 0 aliphatic carbocycles. The normalized spacial score (nSPS) is 14.1. The molecular weight excluding hydrogens is 489 g/mol. The number of hydrogen-bond donors (Lipinski definition) is 2. The maximum Gasteiger partial charge on any atom is 0.191 e. The van der Waals surface area contributed by atoms with Crippen LogP contribution in [-0.2, 0) is 13.1 Å². The highest BCUT2D eigenvalue weighted by atomic mass is 127. The third kappa shape index (κ3) is 5.24. The number of nitrogens with one attached hydrogen (secondary N) is 2. The van der Waals surface area contributed by atoms with E-state index in [9.17, 15) is 0 Å². The Morgan fingerprint density at radius 1 is 1.13 bits per heavy atom. The summed E-state index contributed by atoms with van der Waals surface area (Å²) in [7, 11) is 0. The first-order valence-corrected chi connectivity index (χ1v) is 10.4. The third-order valence-corrected chi connectivity index (χ3v) is 5.36. The maximum absolute atomic E-state index is 5.99. The number of nitrogens with zero attached hydrogens (tertiary/aromatic N) is 3. The molecule has 0 spiro atoms. The van der Waals surface area contributed by atoms with Crippen molar-refractivity contribution in [1.82, 2.24) is 15.6 Å². The van der Waals surface area contributed by atoms with E-state index in [1.807, 2.05) is 24.4 Å². The monoisotopic (exact) mass is 519 g/mol. The Hall–Kier alpha value is -2.29. The van der Waals surface area contributed by atoms with E-state index >= 15 is 0 Å². The van der Waals surface area contributed by atoms with Crippen LogP contribution in [0, 0.1) is 6.92 Å². The number of anilines is 1. The molecule has 0 bridgehead atoms. The largest absolute Gasteiger partial charge is 0.459 e. The summed E-state index contributed by atoms with van der Waals surface area (Å²) in [5.74, 6) is 2.78. The van der Waals surface area contributed by atoms with Crippen LogP contribution in [0.2, 0.25) is 0 Å². The van der Waals surface area contributed by atoms with Crippen molar-refractivity contribution in [2.75, 3.05) is 24.5 Å². The number of fused-ring (bicyclic) bond motifs is 1. The summed E-state index contributed by atoms with van der Waals surface area (Å²) >= 11 is 0. The lowest BCUT2D eigenvalue weighted by Crippen LogP contribution is -2.36. The Bertz CT molecular complexity index is 977. The molecule has 0 amide bonds. The first-order chi connectivity index (χ1) is 14.2. The highest BCUT2D eigenvalue weighted by Gasteiger charge is 2.13. The third-order valence-electron chi connectivity index (χ3n) is 5.36. The molecule has 3 heterocycles. The van der Waals surface area contributed by atoms with Crippen molar-refractivity contribution in [1.29, 1.82) is 0 Å². The first-order valence-electron chi connectivity index (χ1n) is 10.4. The topological polar surface area (TPSA) is 65.7 Å². The minimum atomic E-state index is 0. The summed E-state index contributed by atoms with van der Waals surface area (Å²) in [6.07, 6.45) is 4.45. The van der Waals surface area contributed by atoms with Crippen molar-refractivity contribution in [3.63, 3.8) is 0 Å². The zero-order valence-corrected chi connectivity index (χ0v) is 20.0. The number of halogens is 1. The molecule has 6 nitrogen and oxygen atoms in total. The molecule has 7 heteroatoms. The fourth-order valence-electron chi connectivity index (χ4n) is 3.71. The fourth-order valence-corrected chi connectivity index (χ4v) is 3.71. The molecule has 160 valence electrons. The van der Waals surface area contributed by atoms with Crippen molar-refractivity contribution in [3.8, 4) is 0 Å². The second-order valence-corrected chi connectivity index (χ2v) is 7.41. The molecule has 30 heavy (non-hydrogen) atoms. The van der Waals surface area contributed by atoms with Crippen LogP contribution in [0.1, 0.15) is 36.7 Å². The van der Waals surface area contributed by atoms with Gasteiger partial charge in [0.05, 0.1) is 13.1 Å². The number of aryl methyl sites for hydroxylation is 1. The lowest BCUT2D eigenvalue weighted by Gasteiger charge is -2.16. The number of rotatable bonds is 6. The van der Waals surface area contributed by atoms with Gasteiger partial charge in [-0.3, -0.25) is 0 Å². The van der Waals surface area contributed by atoms with Crippen LogP contribution >= 0.6 is 24.0 Å². The average Bonchev–Trinajstić information content (AvgIpc) is 3.39. The van der Waals surface area contributed by atoms with Crippen molar-refractivity contribution in [3.05, 3.63) is 59.5 Å². The van der Waals surface area contributed by atoms with Crippen LogP contribution in [0.4, 0.5) is 5.82 Å². The van der Waals surface area contributed by atoms with Gasteiger partial charge in [0.2, 0.25) is 0 Å². The number of pyridine rings is 1. The van der Waals surface area contributed by atoms with Gasteiger partial charge in [0.1, 0.15) is 17.2 Å². The minimum Gasteiger partial charge on any atom is -0.459 e. The van der Waals surface area contributed by atoms with Crippen LogP contribution in [-0.4, -0.2) is 30.6 Å². The smallest absolute Gasteiger partial charge is 0.191 e. The van der Waals surface area contributed by atoms with E-state index in [-0.39, 0.29) is 24.0 Å². The quantitative estimate of drug-likeness (QED) is 0.283. The van der Waals surface area contributed by atoms with Gasteiger partial charge >= 0.3 is 0 Å². The Balaban J connectivity index is 0.00000256. The number of hydrogen-bond acceptors (Lipinski definition) is 4. The Labute approximate surface area is 195 Å². The summed E-state index contributed by atoms with van der Waals surface area (Å²) in [5.41, 5.74) is 3.20. The second-order valence-electron chi connectivity index (χ2n) is 7.41. The molecule has 0 unspecified atom stereocenters. The zero-order chi connectivity index (χ0) is 20.1. The first kappa shape index (κ1) is 22.4. The molecule has 1 fully saturated rings. The Kier molecular flexibility index (Phi) is 7.95. The molecule has 0 saturated carbocycles. The van der Waals surface area contributed by atoms with Gasteiger partial charge in [0.25, 0.3) is 0 Å². The highest BCUT2D eigenvalue weighted by Crippen LogP contribution is 2.24. The average molecular weight is 519 g/mol. The number of guanidine groups is 1. The minimum absolute atomic E-state index is 0. The fraction of sp³-hybridized carbons (Fsp3) is 0.391. The van der Waals surface area contributed by atoms with E-state index in [4.69, 9.17) is 9.41 Å². The molecule has 2 aromatic heterocycles. The van der Waals surface area contributed by atoms with E-state index < -0.39 is 0 Å². The molecule has 1 aliphatic rings. The van der Waals surface area contributed by atoms with Crippen LogP contribution in [0.3, 0.4) is 0 Å². The zero-order valence-electron chi connectivity index (χ0n) is 17.6. The summed E-state index contributed by atoms with van der Waals surface area (Å²) in [5, 5.41) is 7.85. The van der Waals surface area contributed by atoms with Crippen LogP contribution < -0.4 is 15.5 Å². The predicted molar refractivity (Wildman–Crippen MR) is 134 cm³/mol. The van der Waals surface area contributed by atoms with E-state index in [0.29, 0.717) is 13.1 Å². The number of para-hydroxylation sites is 1. The molecule has 2 N–H and O–H groups in total. The predicted octanol–water partition coefficient (Wildman–Crippen LogP) is 4.61. The van der Waals surface area contributed by atoms with Gasteiger partial charge in [-0.2, -0.15) is 0 Å². The van der Waals surface area contributed by atoms with Gasteiger partial charge < -0.3 is 20.0 Å². The molecule has 1 aliphatic heterocycles. The summed E-state index contributed by atoms with van der Waals surface area (Å²) in [6, 6.07) is 12.4. The van der Waals surface area contributed by atoms with Crippen molar-refractivity contribution < 1.29 is 4.42 Å². The summed E-state index contributed by atoms with van der Waals surface area (Å²) in [4.78, 5) is 11.7. The van der Waals surface area contributed by atoms with Gasteiger partial charge in [-0.25, -0.2) is 9.98 Å². The van der Waals surface area contributed by atoms with Crippen LogP contribution in [0.5, 0.6) is 0 Å². The lowest BCUT2D eigenvalue weighted by molar-refractivity contribution is 0.534. The Morgan fingerprint density at radius 3 is 2.63 bits per heavy atom. The van der Waals surface area contributed by atoms with Crippen molar-refractivity contribution >= 4 is 46.7 Å². The molecular formula is C23H30IN5O. The van der Waals surface area contributed by atoms with E-state index in [0.717, 1.165) is 53.7 Å². The second kappa shape index (κ2) is 10.7. The molecule has 0 atom stereocenters. The highest BCUT2D eigenvalue weighted by molar-refractivity contribution is 14.0. The molecule has 3 aromatic rings. The van der Waals surface area contributed by atoms with Gasteiger partial charge in [0.15, 0.2) is 5.96 Å². The lowest BCUT2D eigenvalue weighted by atomic mass is 10.1. The van der Waals surface area contributed by atoms with E-state index in [2.05, 4.69) is 52.6 Å². The summed E-state index contributed by atoms with van der Waals surface area (Å²) in [6.45, 7) is 8.37. The van der Waals surface area contributed by atoms with Crippen molar-refractivity contribution in [2.24, 2.45) is 4.99 Å². The molecule has 1 aromatic carbocycles. The number of aromatic nitrogens is 1. The number of aliphatic imine (C=N–C) groups is 1. The summed E-state index contributed by atoms with van der Waals surface area (Å²) < 4.78 is 5.99. The van der Waals surface area contributed by atoms with E-state index in [1.54, 1.807) is 0 Å².